The van der Waals surface area contributed by atoms with E-state index < -0.39 is 0 Å². The Bertz CT molecular complexity index is 1410. The maximum absolute atomic E-state index is 8.96. The van der Waals surface area contributed by atoms with Gasteiger partial charge in [-0.05, 0) is 69.4 Å². The number of hydrogen-bond donors (Lipinski definition) is 0. The number of fused-ring (bicyclic) bond motifs is 5. The second-order valence-corrected chi connectivity index (χ2v) is 7.13. The molecule has 0 atom stereocenters. The van der Waals surface area contributed by atoms with Gasteiger partial charge >= 0.3 is 0 Å². The molecular formula is C27H17N. The van der Waals surface area contributed by atoms with Gasteiger partial charge in [0.2, 0.25) is 0 Å². The Morgan fingerprint density at radius 3 is 2.11 bits per heavy atom. The Morgan fingerprint density at radius 1 is 0.643 bits per heavy atom. The largest absolute Gasteiger partial charge is 0.193 e. The molecule has 0 bridgehead atoms. The molecule has 0 saturated heterocycles. The summed E-state index contributed by atoms with van der Waals surface area (Å²) in [5.74, 6) is 6.61. The molecule has 0 N–H and O–H groups in total. The number of hydrogen-bond acceptors (Lipinski definition) is 1. The molecule has 5 rings (SSSR count). The lowest BCUT2D eigenvalue weighted by Gasteiger charge is -2.08. The summed E-state index contributed by atoms with van der Waals surface area (Å²) in [4.78, 5) is 0. The molecule has 130 valence electrons. The summed E-state index contributed by atoms with van der Waals surface area (Å²) >= 11 is 0. The fourth-order valence-corrected chi connectivity index (χ4v) is 3.89. The SMILES string of the molecule is N#CC1=CC=C(C#Cc2ccc3ccc4ccc5ccccc5c4c3c2)CC1. The lowest BCUT2D eigenvalue weighted by molar-refractivity contribution is 0.963. The van der Waals surface area contributed by atoms with Gasteiger partial charge in [0.05, 0.1) is 6.07 Å². The predicted molar refractivity (Wildman–Crippen MR) is 117 cm³/mol. The molecule has 1 heteroatoms. The number of allylic oxidation sites excluding steroid dienone is 4. The van der Waals surface area contributed by atoms with Gasteiger partial charge in [-0.25, -0.2) is 0 Å². The van der Waals surface area contributed by atoms with E-state index >= 15 is 0 Å². The van der Waals surface area contributed by atoms with Crippen molar-refractivity contribution in [2.24, 2.45) is 0 Å². The molecule has 0 fully saturated rings. The van der Waals surface area contributed by atoms with Gasteiger partial charge in [0.25, 0.3) is 0 Å². The summed E-state index contributed by atoms with van der Waals surface area (Å²) in [5, 5.41) is 16.5. The zero-order chi connectivity index (χ0) is 18.9. The second-order valence-electron chi connectivity index (χ2n) is 7.13. The molecule has 0 heterocycles. The standard InChI is InChI=1S/C27H17N/c28-18-21-9-6-19(7-10-21)5-8-20-11-12-23-14-16-24-15-13-22-3-1-2-4-25(22)27(24)26(23)17-20/h1-4,6,9,11-17H,7,10H2. The van der Waals surface area contributed by atoms with Crippen LogP contribution in [0.3, 0.4) is 0 Å². The maximum Gasteiger partial charge on any atom is 0.0947 e. The van der Waals surface area contributed by atoms with Crippen LogP contribution in [0.25, 0.3) is 32.3 Å². The topological polar surface area (TPSA) is 23.8 Å². The van der Waals surface area contributed by atoms with Crippen molar-refractivity contribution < 1.29 is 0 Å². The smallest absolute Gasteiger partial charge is 0.0947 e. The van der Waals surface area contributed by atoms with E-state index in [-0.39, 0.29) is 0 Å². The van der Waals surface area contributed by atoms with Crippen LogP contribution < -0.4 is 0 Å². The highest BCUT2D eigenvalue weighted by molar-refractivity contribution is 6.20. The first-order valence-corrected chi connectivity index (χ1v) is 9.48. The molecule has 0 aromatic heterocycles. The van der Waals surface area contributed by atoms with Crippen LogP contribution in [0.4, 0.5) is 0 Å². The van der Waals surface area contributed by atoms with E-state index in [1.54, 1.807) is 0 Å². The van der Waals surface area contributed by atoms with E-state index in [4.69, 9.17) is 5.26 Å². The summed E-state index contributed by atoms with van der Waals surface area (Å²) in [6.07, 6.45) is 5.48. The van der Waals surface area contributed by atoms with Crippen molar-refractivity contribution in [1.29, 1.82) is 5.26 Å². The van der Waals surface area contributed by atoms with Crippen LogP contribution >= 0.6 is 0 Å². The average molecular weight is 355 g/mol. The number of benzene rings is 4. The lowest BCUT2D eigenvalue weighted by Crippen LogP contribution is -1.90. The highest BCUT2D eigenvalue weighted by Crippen LogP contribution is 2.32. The van der Waals surface area contributed by atoms with Gasteiger partial charge in [-0.1, -0.05) is 66.4 Å². The van der Waals surface area contributed by atoms with E-state index in [1.807, 2.05) is 12.2 Å². The maximum atomic E-state index is 8.96. The Morgan fingerprint density at radius 2 is 1.32 bits per heavy atom. The molecule has 0 aliphatic heterocycles. The normalized spacial score (nSPS) is 13.5. The minimum absolute atomic E-state index is 0.783. The van der Waals surface area contributed by atoms with Crippen molar-refractivity contribution >= 4 is 32.3 Å². The van der Waals surface area contributed by atoms with Crippen LogP contribution in [0.15, 0.2) is 90.0 Å². The number of nitrogens with zero attached hydrogens (tertiary/aromatic N) is 1. The van der Waals surface area contributed by atoms with Gasteiger partial charge in [-0.2, -0.15) is 5.26 Å². The van der Waals surface area contributed by atoms with Gasteiger partial charge in [-0.15, -0.1) is 0 Å². The van der Waals surface area contributed by atoms with E-state index in [2.05, 4.69) is 84.6 Å². The van der Waals surface area contributed by atoms with Crippen molar-refractivity contribution in [1.82, 2.24) is 0 Å². The van der Waals surface area contributed by atoms with Crippen LogP contribution in [0, 0.1) is 23.2 Å². The highest BCUT2D eigenvalue weighted by Gasteiger charge is 2.06. The quantitative estimate of drug-likeness (QED) is 0.255. The average Bonchev–Trinajstić information content (AvgIpc) is 2.77. The molecular weight excluding hydrogens is 338 g/mol. The summed E-state index contributed by atoms with van der Waals surface area (Å²) in [6, 6.07) is 26.0. The summed E-state index contributed by atoms with van der Waals surface area (Å²) < 4.78 is 0. The van der Waals surface area contributed by atoms with Gasteiger partial charge in [0, 0.05) is 16.7 Å². The molecule has 0 amide bonds. The molecule has 28 heavy (non-hydrogen) atoms. The van der Waals surface area contributed by atoms with Crippen LogP contribution in [-0.4, -0.2) is 0 Å². The van der Waals surface area contributed by atoms with Crippen molar-refractivity contribution in [3.05, 3.63) is 95.6 Å². The molecule has 0 unspecified atom stereocenters. The minimum atomic E-state index is 0.783. The van der Waals surface area contributed by atoms with E-state index in [0.29, 0.717) is 0 Å². The van der Waals surface area contributed by atoms with Gasteiger partial charge in [0.1, 0.15) is 0 Å². The number of nitriles is 1. The molecule has 1 aliphatic carbocycles. The Kier molecular flexibility index (Phi) is 3.93. The third-order valence-electron chi connectivity index (χ3n) is 5.39. The van der Waals surface area contributed by atoms with Crippen molar-refractivity contribution in [2.75, 3.05) is 0 Å². The summed E-state index contributed by atoms with van der Waals surface area (Å²) in [5.41, 5.74) is 2.93. The molecule has 1 aliphatic rings. The molecule has 4 aromatic rings. The second kappa shape index (κ2) is 6.73. The molecule has 0 saturated carbocycles. The Balaban J connectivity index is 1.67. The highest BCUT2D eigenvalue weighted by atomic mass is 14.2. The van der Waals surface area contributed by atoms with E-state index in [1.165, 1.54) is 32.3 Å². The van der Waals surface area contributed by atoms with Gasteiger partial charge in [0.15, 0.2) is 0 Å². The van der Waals surface area contributed by atoms with Crippen molar-refractivity contribution in [3.63, 3.8) is 0 Å². The van der Waals surface area contributed by atoms with Gasteiger partial charge in [-0.3, -0.25) is 0 Å². The Hall–Kier alpha value is -3.81. The first-order chi connectivity index (χ1) is 13.8. The summed E-state index contributed by atoms with van der Waals surface area (Å²) in [7, 11) is 0. The Labute approximate surface area is 164 Å². The van der Waals surface area contributed by atoms with E-state index in [9.17, 15) is 0 Å². The van der Waals surface area contributed by atoms with Gasteiger partial charge < -0.3 is 0 Å². The first-order valence-electron chi connectivity index (χ1n) is 9.48. The monoisotopic (exact) mass is 355 g/mol. The lowest BCUT2D eigenvalue weighted by atomic mass is 9.95. The van der Waals surface area contributed by atoms with Crippen LogP contribution in [0.5, 0.6) is 0 Å². The zero-order valence-electron chi connectivity index (χ0n) is 15.4. The molecule has 4 aromatic carbocycles. The third-order valence-corrected chi connectivity index (χ3v) is 5.39. The minimum Gasteiger partial charge on any atom is -0.193 e. The fourth-order valence-electron chi connectivity index (χ4n) is 3.89. The first kappa shape index (κ1) is 16.4. The molecule has 1 nitrogen and oxygen atoms in total. The number of rotatable bonds is 0. The molecule has 0 spiro atoms. The van der Waals surface area contributed by atoms with Crippen LogP contribution in [0.1, 0.15) is 18.4 Å². The van der Waals surface area contributed by atoms with E-state index in [0.717, 1.165) is 29.6 Å². The zero-order valence-corrected chi connectivity index (χ0v) is 15.4. The fraction of sp³-hybridized carbons (Fsp3) is 0.0741. The summed E-state index contributed by atoms with van der Waals surface area (Å²) in [6.45, 7) is 0. The molecule has 0 radical (unpaired) electrons. The van der Waals surface area contributed by atoms with Crippen LogP contribution in [0.2, 0.25) is 0 Å². The van der Waals surface area contributed by atoms with Crippen molar-refractivity contribution in [3.8, 4) is 17.9 Å². The third kappa shape index (κ3) is 2.84. The van der Waals surface area contributed by atoms with Crippen LogP contribution in [-0.2, 0) is 0 Å². The van der Waals surface area contributed by atoms with Crippen molar-refractivity contribution in [2.45, 2.75) is 12.8 Å². The predicted octanol–water partition coefficient (Wildman–Crippen LogP) is 6.67.